The van der Waals surface area contributed by atoms with Crippen LogP contribution in [0.25, 0.3) is 0 Å². The van der Waals surface area contributed by atoms with Crippen LogP contribution in [-0.2, 0) is 4.79 Å². The second-order valence-electron chi connectivity index (χ2n) is 8.93. The van der Waals surface area contributed by atoms with E-state index in [2.05, 4.69) is 24.3 Å². The zero-order valence-corrected chi connectivity index (χ0v) is 13.9. The number of hydrogen-bond donors (Lipinski definition) is 1. The molecule has 0 aromatic heterocycles. The second kappa shape index (κ2) is 4.97. The van der Waals surface area contributed by atoms with Crippen LogP contribution >= 0.6 is 0 Å². The van der Waals surface area contributed by atoms with Crippen LogP contribution in [0.2, 0.25) is 0 Å². The first-order chi connectivity index (χ1) is 11.2. The second-order valence-corrected chi connectivity index (χ2v) is 8.93. The van der Waals surface area contributed by atoms with Crippen LogP contribution in [0.3, 0.4) is 0 Å². The molecular weight excluding hydrogens is 284 g/mol. The van der Waals surface area contributed by atoms with Gasteiger partial charge in [0.05, 0.1) is 5.92 Å². The fourth-order valence-corrected chi connectivity index (χ4v) is 7.63. The van der Waals surface area contributed by atoms with Crippen molar-refractivity contribution in [1.82, 2.24) is 0 Å². The zero-order chi connectivity index (χ0) is 15.6. The van der Waals surface area contributed by atoms with Gasteiger partial charge in [-0.3, -0.25) is 4.79 Å². The molecule has 0 saturated heterocycles. The van der Waals surface area contributed by atoms with Crippen LogP contribution in [0.5, 0.6) is 0 Å². The first-order valence-electron chi connectivity index (χ1n) is 9.78. The molecule has 0 aliphatic heterocycles. The van der Waals surface area contributed by atoms with Crippen molar-refractivity contribution in [3.63, 3.8) is 0 Å². The lowest BCUT2D eigenvalue weighted by Gasteiger charge is -2.64. The van der Waals surface area contributed by atoms with Gasteiger partial charge in [0.2, 0.25) is 0 Å². The average molecular weight is 312 g/mol. The van der Waals surface area contributed by atoms with Gasteiger partial charge in [-0.25, -0.2) is 0 Å². The Morgan fingerprint density at radius 2 is 1.87 bits per heavy atom. The van der Waals surface area contributed by atoms with E-state index in [1.54, 1.807) is 0 Å². The summed E-state index contributed by atoms with van der Waals surface area (Å²) in [6.45, 7) is 0. The van der Waals surface area contributed by atoms with Gasteiger partial charge in [0.1, 0.15) is 0 Å². The van der Waals surface area contributed by atoms with Crippen molar-refractivity contribution in [3.8, 4) is 0 Å². The van der Waals surface area contributed by atoms with Crippen LogP contribution in [0, 0.1) is 46.8 Å². The molecule has 124 valence electrons. The Hall–Kier alpha value is -1.05. The smallest absolute Gasteiger partial charge is 0.306 e. The van der Waals surface area contributed by atoms with Gasteiger partial charge >= 0.3 is 5.97 Å². The van der Waals surface area contributed by atoms with E-state index in [-0.39, 0.29) is 5.92 Å². The molecule has 1 spiro atoms. The minimum absolute atomic E-state index is 0.0578. The summed E-state index contributed by atoms with van der Waals surface area (Å²) in [4.78, 5) is 11.7. The van der Waals surface area contributed by atoms with Crippen molar-refractivity contribution in [2.45, 2.75) is 51.4 Å². The standard InChI is InChI=1S/C21H28O2/c22-20(23)17-6-3-5-16-15(17)9-11-21-10-8-13(12-19(16)21)14-4-1-2-7-18(14)21/h1-2,8,10,13-19H,3-7,9,11-12H2,(H,22,23). The number of aliphatic carboxylic acids is 1. The lowest BCUT2D eigenvalue weighted by molar-refractivity contribution is -0.155. The van der Waals surface area contributed by atoms with Crippen LogP contribution < -0.4 is 0 Å². The summed E-state index contributed by atoms with van der Waals surface area (Å²) < 4.78 is 0. The largest absolute Gasteiger partial charge is 0.481 e. The highest BCUT2D eigenvalue weighted by atomic mass is 16.4. The number of hydrogen-bond acceptors (Lipinski definition) is 1. The van der Waals surface area contributed by atoms with Crippen molar-refractivity contribution in [2.24, 2.45) is 46.8 Å². The number of carboxylic acid groups (broad SMARTS) is 1. The van der Waals surface area contributed by atoms with Crippen molar-refractivity contribution >= 4 is 5.97 Å². The van der Waals surface area contributed by atoms with Crippen molar-refractivity contribution in [2.75, 3.05) is 0 Å². The number of carbonyl (C=O) groups is 1. The van der Waals surface area contributed by atoms with E-state index < -0.39 is 5.97 Å². The molecule has 6 rings (SSSR count). The number of allylic oxidation sites excluding steroid dienone is 4. The summed E-state index contributed by atoms with van der Waals surface area (Å²) in [5.41, 5.74) is 0.408. The molecule has 0 aromatic rings. The van der Waals surface area contributed by atoms with Gasteiger partial charge in [0, 0.05) is 0 Å². The highest BCUT2D eigenvalue weighted by Crippen LogP contribution is 2.67. The van der Waals surface area contributed by atoms with E-state index in [0.29, 0.717) is 17.3 Å². The maximum absolute atomic E-state index is 11.7. The SMILES string of the molecule is O=C(O)C1CCCC2C1CCC13C=CC(CC21)C1CC=CCC13. The number of fused-ring (bicyclic) bond motifs is 1. The molecular formula is C21H28O2. The van der Waals surface area contributed by atoms with Crippen LogP contribution in [-0.4, -0.2) is 11.1 Å². The van der Waals surface area contributed by atoms with Crippen LogP contribution in [0.15, 0.2) is 24.3 Å². The van der Waals surface area contributed by atoms with E-state index in [0.717, 1.165) is 42.9 Å². The summed E-state index contributed by atoms with van der Waals surface area (Å²) in [6.07, 6.45) is 19.6. The molecule has 0 aromatic carbocycles. The summed E-state index contributed by atoms with van der Waals surface area (Å²) in [7, 11) is 0. The lowest BCUT2D eigenvalue weighted by atomic mass is 9.40. The molecule has 2 heteroatoms. The molecule has 0 amide bonds. The molecule has 3 fully saturated rings. The predicted molar refractivity (Wildman–Crippen MR) is 89.7 cm³/mol. The minimum atomic E-state index is -0.523. The molecule has 0 radical (unpaired) electrons. The monoisotopic (exact) mass is 312 g/mol. The molecule has 2 nitrogen and oxygen atoms in total. The Kier molecular flexibility index (Phi) is 3.09. The third-order valence-corrected chi connectivity index (χ3v) is 8.46. The highest BCUT2D eigenvalue weighted by molar-refractivity contribution is 5.70. The summed E-state index contributed by atoms with van der Waals surface area (Å²) >= 11 is 0. The normalized spacial score (nSPS) is 53.3. The first-order valence-corrected chi connectivity index (χ1v) is 9.78. The fourth-order valence-electron chi connectivity index (χ4n) is 7.63. The maximum atomic E-state index is 11.7. The van der Waals surface area contributed by atoms with Gasteiger partial charge in [-0.2, -0.15) is 0 Å². The highest BCUT2D eigenvalue weighted by Gasteiger charge is 2.61. The Bertz CT molecular complexity index is 576. The van der Waals surface area contributed by atoms with Gasteiger partial charge in [0.15, 0.2) is 0 Å². The zero-order valence-electron chi connectivity index (χ0n) is 13.9. The molecule has 6 aliphatic carbocycles. The summed E-state index contributed by atoms with van der Waals surface area (Å²) in [5, 5.41) is 9.67. The fraction of sp³-hybridized carbons (Fsp3) is 0.762. The van der Waals surface area contributed by atoms with E-state index in [4.69, 9.17) is 0 Å². The van der Waals surface area contributed by atoms with Gasteiger partial charge in [-0.05, 0) is 85.9 Å². The third kappa shape index (κ3) is 1.84. The molecule has 23 heavy (non-hydrogen) atoms. The number of rotatable bonds is 1. The van der Waals surface area contributed by atoms with Crippen molar-refractivity contribution in [3.05, 3.63) is 24.3 Å². The lowest BCUT2D eigenvalue weighted by Crippen LogP contribution is -2.58. The average Bonchev–Trinajstić information content (AvgIpc) is 2.61. The van der Waals surface area contributed by atoms with Gasteiger partial charge in [-0.15, -0.1) is 0 Å². The van der Waals surface area contributed by atoms with E-state index in [1.807, 2.05) is 0 Å². The van der Waals surface area contributed by atoms with Gasteiger partial charge < -0.3 is 5.11 Å². The van der Waals surface area contributed by atoms with E-state index >= 15 is 0 Å². The summed E-state index contributed by atoms with van der Waals surface area (Å²) in [5.74, 6) is 3.80. The molecule has 0 heterocycles. The quantitative estimate of drug-likeness (QED) is 0.714. The third-order valence-electron chi connectivity index (χ3n) is 8.46. The van der Waals surface area contributed by atoms with Crippen molar-refractivity contribution < 1.29 is 9.90 Å². The predicted octanol–water partition coefficient (Wildman–Crippen LogP) is 4.67. The molecule has 8 unspecified atom stereocenters. The summed E-state index contributed by atoms with van der Waals surface area (Å²) in [6, 6.07) is 0. The molecule has 1 N–H and O–H groups in total. The minimum Gasteiger partial charge on any atom is -0.481 e. The first kappa shape index (κ1) is 14.3. The Labute approximate surface area is 139 Å². The maximum Gasteiger partial charge on any atom is 0.306 e. The van der Waals surface area contributed by atoms with E-state index in [9.17, 15) is 9.90 Å². The molecule has 2 bridgehead atoms. The topological polar surface area (TPSA) is 37.3 Å². The molecule has 6 aliphatic rings. The molecule has 8 atom stereocenters. The van der Waals surface area contributed by atoms with Gasteiger partial charge in [0.25, 0.3) is 0 Å². The van der Waals surface area contributed by atoms with Gasteiger partial charge in [-0.1, -0.05) is 30.7 Å². The van der Waals surface area contributed by atoms with Crippen LogP contribution in [0.1, 0.15) is 51.4 Å². The molecule has 3 saturated carbocycles. The number of carboxylic acids is 1. The van der Waals surface area contributed by atoms with E-state index in [1.165, 1.54) is 32.1 Å². The Balaban J connectivity index is 1.52. The Morgan fingerprint density at radius 1 is 1.00 bits per heavy atom. The Morgan fingerprint density at radius 3 is 2.74 bits per heavy atom. The van der Waals surface area contributed by atoms with Crippen molar-refractivity contribution in [1.29, 1.82) is 0 Å². The van der Waals surface area contributed by atoms with Crippen LogP contribution in [0.4, 0.5) is 0 Å².